The highest BCUT2D eigenvalue weighted by atomic mass is 16.5. The van der Waals surface area contributed by atoms with Gasteiger partial charge in [-0.15, -0.1) is 0 Å². The van der Waals surface area contributed by atoms with Crippen molar-refractivity contribution in [2.24, 2.45) is 5.73 Å². The van der Waals surface area contributed by atoms with E-state index in [2.05, 4.69) is 94.4 Å². The molecule has 4 heteroatoms. The molecule has 5 aromatic rings. The van der Waals surface area contributed by atoms with Crippen molar-refractivity contribution in [2.75, 3.05) is 0 Å². The molecule has 0 aromatic heterocycles. The molecular formula is C39H41NO3. The van der Waals surface area contributed by atoms with E-state index in [1.807, 2.05) is 42.5 Å². The molecule has 0 spiro atoms. The van der Waals surface area contributed by atoms with E-state index in [9.17, 15) is 5.11 Å². The van der Waals surface area contributed by atoms with Gasteiger partial charge in [0.15, 0.2) is 0 Å². The number of phenols is 1. The van der Waals surface area contributed by atoms with E-state index in [4.69, 9.17) is 15.2 Å². The second-order valence-corrected chi connectivity index (χ2v) is 12.1. The predicted molar refractivity (Wildman–Crippen MR) is 175 cm³/mol. The summed E-state index contributed by atoms with van der Waals surface area (Å²) in [5.74, 6) is 1.96. The zero-order valence-corrected chi connectivity index (χ0v) is 25.5. The van der Waals surface area contributed by atoms with E-state index < -0.39 is 0 Å². The molecule has 4 nitrogen and oxygen atoms in total. The molecular weight excluding hydrogens is 530 g/mol. The third-order valence-corrected chi connectivity index (χ3v) is 8.45. The van der Waals surface area contributed by atoms with Crippen LogP contribution in [0, 0.1) is 0 Å². The van der Waals surface area contributed by atoms with Gasteiger partial charge in [0.25, 0.3) is 0 Å². The van der Waals surface area contributed by atoms with Gasteiger partial charge < -0.3 is 20.3 Å². The smallest absolute Gasteiger partial charge is 0.119 e. The number of hydrogen-bond acceptors (Lipinski definition) is 4. The monoisotopic (exact) mass is 571 g/mol. The number of ether oxygens (including phenoxy) is 2. The summed E-state index contributed by atoms with van der Waals surface area (Å²) in [6.07, 6.45) is 0. The molecule has 3 N–H and O–H groups in total. The molecule has 5 aromatic carbocycles. The quantitative estimate of drug-likeness (QED) is 0.167. The molecule has 0 saturated carbocycles. The third-order valence-electron chi connectivity index (χ3n) is 8.45. The van der Waals surface area contributed by atoms with Crippen molar-refractivity contribution in [3.63, 3.8) is 0 Å². The van der Waals surface area contributed by atoms with Crippen molar-refractivity contribution in [2.45, 2.75) is 58.3 Å². The molecule has 0 fully saturated rings. The summed E-state index contributed by atoms with van der Waals surface area (Å²) in [6.45, 7) is 10.4. The molecule has 0 bridgehead atoms. The summed E-state index contributed by atoms with van der Waals surface area (Å²) in [4.78, 5) is 0. The Kier molecular flexibility index (Phi) is 8.89. The molecule has 0 aliphatic carbocycles. The van der Waals surface area contributed by atoms with Crippen LogP contribution in [0.1, 0.15) is 66.6 Å². The Labute approximate surface area is 255 Å². The summed E-state index contributed by atoms with van der Waals surface area (Å²) in [6, 6.07) is 41.0. The Balaban J connectivity index is 1.19. The van der Waals surface area contributed by atoms with Gasteiger partial charge in [0, 0.05) is 17.4 Å². The topological polar surface area (TPSA) is 64.7 Å². The molecule has 0 amide bonds. The van der Waals surface area contributed by atoms with Crippen molar-refractivity contribution >= 4 is 0 Å². The number of phenolic OH excluding ortho intramolecular Hbond substituents is 1. The summed E-state index contributed by atoms with van der Waals surface area (Å²) >= 11 is 0. The Morgan fingerprint density at radius 1 is 0.512 bits per heavy atom. The average Bonchev–Trinajstić information content (AvgIpc) is 3.04. The summed E-state index contributed by atoms with van der Waals surface area (Å²) < 4.78 is 12.1. The molecule has 0 aliphatic rings. The number of hydrogen-bond donors (Lipinski definition) is 2. The van der Waals surface area contributed by atoms with Gasteiger partial charge in [-0.05, 0) is 81.4 Å². The molecule has 0 unspecified atom stereocenters. The molecule has 43 heavy (non-hydrogen) atoms. The first-order valence-electron chi connectivity index (χ1n) is 14.8. The number of benzene rings is 5. The SMILES string of the molecule is CC(C)(c1ccc(O)cc1)c1ccc(C(C)(C)c2ccc(OCc3cccc(COc4ccc(CN)cc4)c3)cc2)cc1. The second-order valence-electron chi connectivity index (χ2n) is 12.1. The van der Waals surface area contributed by atoms with E-state index in [-0.39, 0.29) is 16.6 Å². The van der Waals surface area contributed by atoms with Crippen LogP contribution < -0.4 is 15.2 Å². The minimum atomic E-state index is -0.168. The van der Waals surface area contributed by atoms with Crippen LogP contribution in [0.15, 0.2) is 121 Å². The van der Waals surface area contributed by atoms with Gasteiger partial charge in [-0.2, -0.15) is 0 Å². The lowest BCUT2D eigenvalue weighted by molar-refractivity contribution is 0.299. The van der Waals surface area contributed by atoms with Gasteiger partial charge in [-0.1, -0.05) is 107 Å². The maximum Gasteiger partial charge on any atom is 0.119 e. The number of aromatic hydroxyl groups is 1. The second kappa shape index (κ2) is 12.8. The fourth-order valence-electron chi connectivity index (χ4n) is 5.35. The molecule has 0 aliphatic heterocycles. The zero-order chi connectivity index (χ0) is 30.5. The van der Waals surface area contributed by atoms with E-state index in [1.165, 1.54) is 22.3 Å². The van der Waals surface area contributed by atoms with Gasteiger partial charge in [0.05, 0.1) is 0 Å². The van der Waals surface area contributed by atoms with Crippen LogP contribution in [0.4, 0.5) is 0 Å². The first-order chi connectivity index (χ1) is 20.6. The van der Waals surface area contributed by atoms with Gasteiger partial charge in [-0.25, -0.2) is 0 Å². The lowest BCUT2D eigenvalue weighted by atomic mass is 9.74. The van der Waals surface area contributed by atoms with Crippen LogP contribution in [0.5, 0.6) is 17.2 Å². The third kappa shape index (κ3) is 7.10. The Morgan fingerprint density at radius 2 is 0.884 bits per heavy atom. The van der Waals surface area contributed by atoms with Crippen LogP contribution in [-0.2, 0) is 30.6 Å². The maximum atomic E-state index is 9.68. The summed E-state index contributed by atoms with van der Waals surface area (Å²) in [7, 11) is 0. The fourth-order valence-corrected chi connectivity index (χ4v) is 5.35. The van der Waals surface area contributed by atoms with Crippen LogP contribution in [-0.4, -0.2) is 5.11 Å². The first-order valence-corrected chi connectivity index (χ1v) is 14.8. The predicted octanol–water partition coefficient (Wildman–Crippen LogP) is 8.66. The fraction of sp³-hybridized carbons (Fsp3) is 0.231. The highest BCUT2D eigenvalue weighted by Crippen LogP contribution is 2.36. The highest BCUT2D eigenvalue weighted by Gasteiger charge is 2.26. The Bertz CT molecular complexity index is 1620. The molecule has 0 radical (unpaired) electrons. The molecule has 220 valence electrons. The Morgan fingerprint density at radius 3 is 1.30 bits per heavy atom. The van der Waals surface area contributed by atoms with Gasteiger partial charge in [-0.3, -0.25) is 0 Å². The Hall–Kier alpha value is -4.54. The van der Waals surface area contributed by atoms with Crippen LogP contribution >= 0.6 is 0 Å². The van der Waals surface area contributed by atoms with Crippen molar-refractivity contribution in [1.82, 2.24) is 0 Å². The standard InChI is InChI=1S/C39H41NO3/c1-38(2,33-14-18-35(41)19-15-33)31-10-12-32(13-11-31)39(3,4)34-16-22-37(23-17-34)43-27-30-7-5-6-29(24-30)26-42-36-20-8-28(25-40)9-21-36/h5-24,41H,25-27,40H2,1-4H3. The molecule has 0 heterocycles. The van der Waals surface area contributed by atoms with E-state index in [0.717, 1.165) is 28.2 Å². The minimum Gasteiger partial charge on any atom is -0.508 e. The lowest BCUT2D eigenvalue weighted by Crippen LogP contribution is -2.21. The molecule has 5 rings (SSSR count). The van der Waals surface area contributed by atoms with Crippen LogP contribution in [0.25, 0.3) is 0 Å². The normalized spacial score (nSPS) is 11.7. The van der Waals surface area contributed by atoms with Gasteiger partial charge >= 0.3 is 0 Å². The summed E-state index contributed by atoms with van der Waals surface area (Å²) in [5, 5.41) is 9.68. The van der Waals surface area contributed by atoms with E-state index in [0.29, 0.717) is 19.8 Å². The first kappa shape index (κ1) is 29.9. The molecule has 0 atom stereocenters. The largest absolute Gasteiger partial charge is 0.508 e. The van der Waals surface area contributed by atoms with Gasteiger partial charge in [0.2, 0.25) is 0 Å². The molecule has 0 saturated heterocycles. The summed E-state index contributed by atoms with van der Waals surface area (Å²) in [5.41, 5.74) is 13.5. The lowest BCUT2D eigenvalue weighted by Gasteiger charge is -2.29. The maximum absolute atomic E-state index is 9.68. The van der Waals surface area contributed by atoms with Crippen molar-refractivity contribution in [1.29, 1.82) is 0 Å². The van der Waals surface area contributed by atoms with Gasteiger partial charge in [0.1, 0.15) is 30.5 Å². The van der Waals surface area contributed by atoms with E-state index >= 15 is 0 Å². The minimum absolute atomic E-state index is 0.168. The van der Waals surface area contributed by atoms with E-state index in [1.54, 1.807) is 12.1 Å². The number of rotatable bonds is 11. The van der Waals surface area contributed by atoms with Crippen LogP contribution in [0.3, 0.4) is 0 Å². The average molecular weight is 572 g/mol. The van der Waals surface area contributed by atoms with Crippen molar-refractivity contribution in [3.8, 4) is 17.2 Å². The zero-order valence-electron chi connectivity index (χ0n) is 25.5. The van der Waals surface area contributed by atoms with Crippen molar-refractivity contribution < 1.29 is 14.6 Å². The van der Waals surface area contributed by atoms with Crippen molar-refractivity contribution in [3.05, 3.63) is 160 Å². The van der Waals surface area contributed by atoms with Crippen LogP contribution in [0.2, 0.25) is 0 Å². The highest BCUT2D eigenvalue weighted by molar-refractivity contribution is 5.45. The number of nitrogens with two attached hydrogens (primary N) is 1.